The van der Waals surface area contributed by atoms with Crippen LogP contribution in [0.15, 0.2) is 24.3 Å². The molecule has 108 valence electrons. The van der Waals surface area contributed by atoms with Gasteiger partial charge >= 0.3 is 5.97 Å². The van der Waals surface area contributed by atoms with Crippen LogP contribution >= 0.6 is 0 Å². The van der Waals surface area contributed by atoms with E-state index in [4.69, 9.17) is 9.47 Å². The number of hydrogen-bond donors (Lipinski definition) is 1. The summed E-state index contributed by atoms with van der Waals surface area (Å²) in [6.45, 7) is 4.04. The first-order valence-corrected chi connectivity index (χ1v) is 6.84. The van der Waals surface area contributed by atoms with Gasteiger partial charge in [-0.25, -0.2) is 4.79 Å². The lowest BCUT2D eigenvalue weighted by Crippen LogP contribution is -2.37. The Bertz CT molecular complexity index is 479. The van der Waals surface area contributed by atoms with Crippen molar-refractivity contribution in [1.82, 2.24) is 5.32 Å². The molecular formula is C15H19NO4. The molecule has 1 unspecified atom stereocenters. The molecule has 0 heterocycles. The van der Waals surface area contributed by atoms with Gasteiger partial charge in [-0.2, -0.15) is 0 Å². The van der Waals surface area contributed by atoms with Gasteiger partial charge in [-0.1, -0.05) is 0 Å². The van der Waals surface area contributed by atoms with Crippen molar-refractivity contribution in [2.75, 3.05) is 6.61 Å². The molecular weight excluding hydrogens is 258 g/mol. The maximum Gasteiger partial charge on any atom is 0.338 e. The maximum absolute atomic E-state index is 11.9. The Morgan fingerprint density at radius 2 is 1.95 bits per heavy atom. The lowest BCUT2D eigenvalue weighted by atomic mass is 10.2. The number of ether oxygens (including phenoxy) is 2. The van der Waals surface area contributed by atoms with Crippen LogP contribution in [0.2, 0.25) is 0 Å². The Balaban J connectivity index is 1.87. The normalized spacial score (nSPS) is 15.3. The highest BCUT2D eigenvalue weighted by molar-refractivity contribution is 5.92. The van der Waals surface area contributed by atoms with E-state index < -0.39 is 12.1 Å². The van der Waals surface area contributed by atoms with Gasteiger partial charge < -0.3 is 14.8 Å². The van der Waals surface area contributed by atoms with Crippen molar-refractivity contribution < 1.29 is 19.1 Å². The Labute approximate surface area is 118 Å². The maximum atomic E-state index is 11.9. The predicted octanol–water partition coefficient (Wildman–Crippen LogP) is 1.91. The first-order chi connectivity index (χ1) is 9.60. The second-order valence-electron chi connectivity index (χ2n) is 4.79. The molecule has 5 heteroatoms. The van der Waals surface area contributed by atoms with Gasteiger partial charge in [0, 0.05) is 6.04 Å². The molecule has 0 radical (unpaired) electrons. The average molecular weight is 277 g/mol. The van der Waals surface area contributed by atoms with Gasteiger partial charge in [-0.15, -0.1) is 0 Å². The Morgan fingerprint density at radius 1 is 1.30 bits per heavy atom. The fourth-order valence-electron chi connectivity index (χ4n) is 1.68. The van der Waals surface area contributed by atoms with E-state index in [0.29, 0.717) is 17.9 Å². The zero-order valence-electron chi connectivity index (χ0n) is 11.7. The van der Waals surface area contributed by atoms with E-state index in [2.05, 4.69) is 5.32 Å². The fraction of sp³-hybridized carbons (Fsp3) is 0.467. The van der Waals surface area contributed by atoms with Crippen LogP contribution in [-0.4, -0.2) is 30.6 Å². The highest BCUT2D eigenvalue weighted by Crippen LogP contribution is 2.19. The summed E-state index contributed by atoms with van der Waals surface area (Å²) in [6.07, 6.45) is 1.23. The quantitative estimate of drug-likeness (QED) is 0.807. The zero-order valence-corrected chi connectivity index (χ0v) is 11.7. The summed E-state index contributed by atoms with van der Waals surface area (Å²) in [7, 11) is 0. The van der Waals surface area contributed by atoms with Crippen molar-refractivity contribution >= 4 is 11.9 Å². The Kier molecular flexibility index (Phi) is 4.61. The van der Waals surface area contributed by atoms with E-state index in [-0.39, 0.29) is 11.9 Å². The van der Waals surface area contributed by atoms with Gasteiger partial charge in [0.2, 0.25) is 0 Å². The van der Waals surface area contributed by atoms with Crippen molar-refractivity contribution in [3.05, 3.63) is 29.8 Å². The molecule has 0 saturated heterocycles. The third kappa shape index (κ3) is 3.98. The van der Waals surface area contributed by atoms with Gasteiger partial charge in [0.1, 0.15) is 5.75 Å². The fourth-order valence-corrected chi connectivity index (χ4v) is 1.68. The van der Waals surface area contributed by atoms with E-state index in [0.717, 1.165) is 12.8 Å². The minimum Gasteiger partial charge on any atom is -0.494 e. The van der Waals surface area contributed by atoms with Crippen LogP contribution in [0.25, 0.3) is 0 Å². The molecule has 0 aliphatic heterocycles. The molecule has 1 amide bonds. The Hall–Kier alpha value is -2.04. The van der Waals surface area contributed by atoms with Gasteiger partial charge in [-0.05, 0) is 51.0 Å². The molecule has 1 aliphatic rings. The van der Waals surface area contributed by atoms with E-state index in [1.807, 2.05) is 6.92 Å². The van der Waals surface area contributed by atoms with Crippen molar-refractivity contribution in [1.29, 1.82) is 0 Å². The molecule has 20 heavy (non-hydrogen) atoms. The third-order valence-corrected chi connectivity index (χ3v) is 2.98. The van der Waals surface area contributed by atoms with Gasteiger partial charge in [0.15, 0.2) is 6.10 Å². The van der Waals surface area contributed by atoms with Crippen molar-refractivity contribution in [3.8, 4) is 5.75 Å². The molecule has 0 spiro atoms. The summed E-state index contributed by atoms with van der Waals surface area (Å²) in [5.41, 5.74) is 0.402. The van der Waals surface area contributed by atoms with Crippen LogP contribution in [0.4, 0.5) is 0 Å². The van der Waals surface area contributed by atoms with Crippen LogP contribution < -0.4 is 10.1 Å². The molecule has 1 saturated carbocycles. The molecule has 1 aliphatic carbocycles. The molecule has 0 bridgehead atoms. The smallest absolute Gasteiger partial charge is 0.338 e. The lowest BCUT2D eigenvalue weighted by Gasteiger charge is -2.13. The van der Waals surface area contributed by atoms with Gasteiger partial charge in [0.05, 0.1) is 12.2 Å². The molecule has 1 atom stereocenters. The molecule has 1 aromatic rings. The highest BCUT2D eigenvalue weighted by atomic mass is 16.5. The van der Waals surface area contributed by atoms with E-state index in [9.17, 15) is 9.59 Å². The topological polar surface area (TPSA) is 64.6 Å². The van der Waals surface area contributed by atoms with Crippen LogP contribution in [0, 0.1) is 0 Å². The number of carbonyl (C=O) groups excluding carboxylic acids is 2. The standard InChI is InChI=1S/C15H19NO4/c1-3-19-13-8-4-11(5-9-13)15(18)20-10(2)14(17)16-12-6-7-12/h4-5,8-10,12H,3,6-7H2,1-2H3,(H,16,17). The van der Waals surface area contributed by atoms with Gasteiger partial charge in [0.25, 0.3) is 5.91 Å². The monoisotopic (exact) mass is 277 g/mol. The molecule has 5 nitrogen and oxygen atoms in total. The van der Waals surface area contributed by atoms with Crippen LogP contribution in [-0.2, 0) is 9.53 Å². The summed E-state index contributed by atoms with van der Waals surface area (Å²) in [5, 5.41) is 2.80. The molecule has 2 rings (SSSR count). The molecule has 1 N–H and O–H groups in total. The average Bonchev–Trinajstić information content (AvgIpc) is 3.23. The number of carbonyl (C=O) groups is 2. The Morgan fingerprint density at radius 3 is 2.50 bits per heavy atom. The minimum atomic E-state index is -0.783. The number of nitrogens with one attached hydrogen (secondary N) is 1. The summed E-state index contributed by atoms with van der Waals surface area (Å²) < 4.78 is 10.4. The lowest BCUT2D eigenvalue weighted by molar-refractivity contribution is -0.129. The van der Waals surface area contributed by atoms with Crippen LogP contribution in [0.3, 0.4) is 0 Å². The third-order valence-electron chi connectivity index (χ3n) is 2.98. The first kappa shape index (κ1) is 14.4. The number of hydrogen-bond acceptors (Lipinski definition) is 4. The SMILES string of the molecule is CCOc1ccc(C(=O)OC(C)C(=O)NC2CC2)cc1. The number of benzene rings is 1. The largest absolute Gasteiger partial charge is 0.494 e. The summed E-state index contributed by atoms with van der Waals surface area (Å²) in [5.74, 6) is -0.0538. The van der Waals surface area contributed by atoms with E-state index >= 15 is 0 Å². The second kappa shape index (κ2) is 6.41. The number of amides is 1. The molecule has 0 aromatic heterocycles. The van der Waals surface area contributed by atoms with Crippen LogP contribution in [0.5, 0.6) is 5.75 Å². The van der Waals surface area contributed by atoms with Crippen molar-refractivity contribution in [2.45, 2.75) is 38.8 Å². The summed E-state index contributed by atoms with van der Waals surface area (Å²) in [4.78, 5) is 23.6. The highest BCUT2D eigenvalue weighted by Gasteiger charge is 2.27. The summed E-state index contributed by atoms with van der Waals surface area (Å²) >= 11 is 0. The minimum absolute atomic E-state index is 0.244. The van der Waals surface area contributed by atoms with Crippen molar-refractivity contribution in [2.24, 2.45) is 0 Å². The van der Waals surface area contributed by atoms with E-state index in [1.165, 1.54) is 0 Å². The first-order valence-electron chi connectivity index (χ1n) is 6.84. The summed E-state index contributed by atoms with van der Waals surface area (Å²) in [6, 6.07) is 6.91. The van der Waals surface area contributed by atoms with Crippen molar-refractivity contribution in [3.63, 3.8) is 0 Å². The predicted molar refractivity (Wildman–Crippen MR) is 73.7 cm³/mol. The zero-order chi connectivity index (χ0) is 14.5. The molecule has 1 fully saturated rings. The van der Waals surface area contributed by atoms with E-state index in [1.54, 1.807) is 31.2 Å². The molecule has 1 aromatic carbocycles. The van der Waals surface area contributed by atoms with Gasteiger partial charge in [-0.3, -0.25) is 4.79 Å². The number of rotatable bonds is 6. The van der Waals surface area contributed by atoms with Crippen LogP contribution in [0.1, 0.15) is 37.0 Å². The number of esters is 1. The second-order valence-corrected chi connectivity index (χ2v) is 4.79.